The number of aliphatic hydroxyl groups excluding tert-OH is 1. The highest BCUT2D eigenvalue weighted by Crippen LogP contribution is 2.41. The van der Waals surface area contributed by atoms with E-state index >= 15 is 0 Å². The van der Waals surface area contributed by atoms with E-state index in [1.54, 1.807) is 0 Å². The first-order chi connectivity index (χ1) is 10.6. The summed E-state index contributed by atoms with van der Waals surface area (Å²) in [5.41, 5.74) is 1.50. The topological polar surface area (TPSA) is 50.5 Å². The number of nitrogens with zero attached hydrogens (tertiary/aromatic N) is 3. The van der Waals surface area contributed by atoms with Crippen LogP contribution in [-0.4, -0.2) is 52.2 Å². The fourth-order valence-electron chi connectivity index (χ4n) is 3.86. The van der Waals surface area contributed by atoms with Gasteiger partial charge in [-0.1, -0.05) is 0 Å². The van der Waals surface area contributed by atoms with Gasteiger partial charge in [-0.05, 0) is 51.0 Å². The van der Waals surface area contributed by atoms with Crippen molar-refractivity contribution in [3.8, 4) is 0 Å². The Bertz CT molecular complexity index is 480. The molecule has 0 radical (unpaired) electrons. The van der Waals surface area contributed by atoms with Crippen LogP contribution in [0.5, 0.6) is 0 Å². The third-order valence-electron chi connectivity index (χ3n) is 5.38. The highest BCUT2D eigenvalue weighted by molar-refractivity contribution is 5.02. The molecule has 2 aliphatic heterocycles. The van der Waals surface area contributed by atoms with E-state index in [4.69, 9.17) is 4.74 Å². The monoisotopic (exact) mass is 307 g/mol. The summed E-state index contributed by atoms with van der Waals surface area (Å²) in [6.45, 7) is 8.22. The van der Waals surface area contributed by atoms with Gasteiger partial charge in [-0.2, -0.15) is 5.10 Å². The number of aliphatic hydroxyl groups is 1. The van der Waals surface area contributed by atoms with E-state index in [0.717, 1.165) is 51.3 Å². The van der Waals surface area contributed by atoms with Crippen LogP contribution in [0.4, 0.5) is 0 Å². The van der Waals surface area contributed by atoms with Crippen LogP contribution in [-0.2, 0) is 11.3 Å². The molecule has 1 atom stereocenters. The maximum Gasteiger partial charge on any atom is 0.0765 e. The summed E-state index contributed by atoms with van der Waals surface area (Å²) in [7, 11) is 0. The SMILES string of the molecule is CC(C)n1ccc(CN2CC3(CCOCC3)CCC2CO)n1. The quantitative estimate of drug-likeness (QED) is 0.926. The van der Waals surface area contributed by atoms with Crippen LogP contribution in [0.3, 0.4) is 0 Å². The third-order valence-corrected chi connectivity index (χ3v) is 5.38. The lowest BCUT2D eigenvalue weighted by molar-refractivity contribution is -0.0553. The predicted octanol–water partition coefficient (Wildman–Crippen LogP) is 2.22. The minimum atomic E-state index is 0.247. The van der Waals surface area contributed by atoms with Crippen molar-refractivity contribution in [2.24, 2.45) is 5.41 Å². The summed E-state index contributed by atoms with van der Waals surface area (Å²) in [5.74, 6) is 0. The first-order valence-electron chi connectivity index (χ1n) is 8.59. The molecule has 0 bridgehead atoms. The summed E-state index contributed by atoms with van der Waals surface area (Å²) in [6, 6.07) is 2.78. The lowest BCUT2D eigenvalue weighted by atomic mass is 9.72. The molecule has 0 saturated carbocycles. The lowest BCUT2D eigenvalue weighted by Gasteiger charge is -2.48. The smallest absolute Gasteiger partial charge is 0.0765 e. The van der Waals surface area contributed by atoms with Crippen molar-refractivity contribution in [1.82, 2.24) is 14.7 Å². The number of aromatic nitrogens is 2. The van der Waals surface area contributed by atoms with Crippen LogP contribution in [0.25, 0.3) is 0 Å². The van der Waals surface area contributed by atoms with Crippen LogP contribution in [0.1, 0.15) is 51.3 Å². The fourth-order valence-corrected chi connectivity index (χ4v) is 3.86. The van der Waals surface area contributed by atoms with Gasteiger partial charge in [-0.3, -0.25) is 9.58 Å². The number of piperidine rings is 1. The van der Waals surface area contributed by atoms with E-state index in [0.29, 0.717) is 11.5 Å². The van der Waals surface area contributed by atoms with Gasteiger partial charge >= 0.3 is 0 Å². The second kappa shape index (κ2) is 6.69. The second-order valence-corrected chi connectivity index (χ2v) is 7.27. The van der Waals surface area contributed by atoms with E-state index < -0.39 is 0 Å². The number of hydrogen-bond acceptors (Lipinski definition) is 4. The Morgan fingerprint density at radius 2 is 2.14 bits per heavy atom. The molecule has 0 aromatic carbocycles. The van der Waals surface area contributed by atoms with E-state index in [9.17, 15) is 5.11 Å². The van der Waals surface area contributed by atoms with Crippen molar-refractivity contribution in [3.05, 3.63) is 18.0 Å². The summed E-state index contributed by atoms with van der Waals surface area (Å²) in [5, 5.41) is 14.4. The molecular weight excluding hydrogens is 278 g/mol. The molecule has 1 aromatic heterocycles. The summed E-state index contributed by atoms with van der Waals surface area (Å²) < 4.78 is 7.56. The Balaban J connectivity index is 1.70. The standard InChI is InChI=1S/C17H29N3O2/c1-14(2)20-8-4-15(18-20)11-19-13-17(5-3-16(19)12-21)6-9-22-10-7-17/h4,8,14,16,21H,3,5-7,9-13H2,1-2H3. The number of ether oxygens (including phenoxy) is 1. The van der Waals surface area contributed by atoms with E-state index in [1.165, 1.54) is 6.42 Å². The van der Waals surface area contributed by atoms with Gasteiger partial charge in [-0.15, -0.1) is 0 Å². The van der Waals surface area contributed by atoms with E-state index in [1.807, 2.05) is 4.68 Å². The zero-order chi connectivity index (χ0) is 15.6. The minimum Gasteiger partial charge on any atom is -0.395 e. The molecule has 3 heterocycles. The molecular formula is C17H29N3O2. The molecule has 22 heavy (non-hydrogen) atoms. The molecule has 0 aliphatic carbocycles. The fraction of sp³-hybridized carbons (Fsp3) is 0.824. The molecule has 0 amide bonds. The zero-order valence-corrected chi connectivity index (χ0v) is 13.9. The molecule has 124 valence electrons. The first kappa shape index (κ1) is 16.0. The van der Waals surface area contributed by atoms with Crippen LogP contribution in [0.2, 0.25) is 0 Å². The van der Waals surface area contributed by atoms with Crippen molar-refractivity contribution in [1.29, 1.82) is 0 Å². The molecule has 1 aromatic rings. The Hall–Kier alpha value is -0.910. The van der Waals surface area contributed by atoms with Crippen LogP contribution < -0.4 is 0 Å². The van der Waals surface area contributed by atoms with Gasteiger partial charge in [-0.25, -0.2) is 0 Å². The van der Waals surface area contributed by atoms with Gasteiger partial charge in [0.1, 0.15) is 0 Å². The van der Waals surface area contributed by atoms with Crippen molar-refractivity contribution in [2.75, 3.05) is 26.4 Å². The van der Waals surface area contributed by atoms with Gasteiger partial charge in [0, 0.05) is 44.6 Å². The molecule has 2 saturated heterocycles. The molecule has 3 rings (SSSR count). The summed E-state index contributed by atoms with van der Waals surface area (Å²) in [6.07, 6.45) is 6.67. The highest BCUT2D eigenvalue weighted by Gasteiger charge is 2.40. The maximum atomic E-state index is 9.73. The Kier molecular flexibility index (Phi) is 4.85. The Morgan fingerprint density at radius 3 is 2.77 bits per heavy atom. The Labute approximate surface area is 133 Å². The third kappa shape index (κ3) is 3.36. The van der Waals surface area contributed by atoms with Crippen molar-refractivity contribution >= 4 is 0 Å². The predicted molar refractivity (Wildman–Crippen MR) is 85.6 cm³/mol. The summed E-state index contributed by atoms with van der Waals surface area (Å²) >= 11 is 0. The van der Waals surface area contributed by atoms with Crippen LogP contribution >= 0.6 is 0 Å². The van der Waals surface area contributed by atoms with Gasteiger partial charge in [0.2, 0.25) is 0 Å². The maximum absolute atomic E-state index is 9.73. The average molecular weight is 307 g/mol. The number of likely N-dealkylation sites (tertiary alicyclic amines) is 1. The van der Waals surface area contributed by atoms with Crippen molar-refractivity contribution < 1.29 is 9.84 Å². The number of hydrogen-bond donors (Lipinski definition) is 1. The minimum absolute atomic E-state index is 0.247. The molecule has 1 spiro atoms. The van der Waals surface area contributed by atoms with Crippen molar-refractivity contribution in [2.45, 2.75) is 58.2 Å². The Morgan fingerprint density at radius 1 is 1.36 bits per heavy atom. The molecule has 5 nitrogen and oxygen atoms in total. The van der Waals surface area contributed by atoms with E-state index in [-0.39, 0.29) is 12.6 Å². The normalized spacial score (nSPS) is 25.9. The van der Waals surface area contributed by atoms with Gasteiger partial charge in [0.05, 0.1) is 12.3 Å². The molecule has 5 heteroatoms. The van der Waals surface area contributed by atoms with Crippen LogP contribution in [0, 0.1) is 5.41 Å². The molecule has 2 aliphatic rings. The molecule has 1 unspecified atom stereocenters. The van der Waals surface area contributed by atoms with Gasteiger partial charge in [0.25, 0.3) is 0 Å². The first-order valence-corrected chi connectivity index (χ1v) is 8.59. The lowest BCUT2D eigenvalue weighted by Crippen LogP contribution is -2.51. The number of rotatable bonds is 4. The van der Waals surface area contributed by atoms with Crippen molar-refractivity contribution in [3.63, 3.8) is 0 Å². The zero-order valence-electron chi connectivity index (χ0n) is 13.9. The van der Waals surface area contributed by atoms with E-state index in [2.05, 4.69) is 36.1 Å². The van der Waals surface area contributed by atoms with Gasteiger partial charge in [0.15, 0.2) is 0 Å². The largest absolute Gasteiger partial charge is 0.395 e. The second-order valence-electron chi connectivity index (χ2n) is 7.27. The highest BCUT2D eigenvalue weighted by atomic mass is 16.5. The molecule has 1 N–H and O–H groups in total. The van der Waals surface area contributed by atoms with Gasteiger partial charge < -0.3 is 9.84 Å². The average Bonchev–Trinajstić information content (AvgIpc) is 2.97. The van der Waals surface area contributed by atoms with Crippen LogP contribution in [0.15, 0.2) is 12.3 Å². The molecule has 2 fully saturated rings. The summed E-state index contributed by atoms with van der Waals surface area (Å²) in [4.78, 5) is 2.45.